The van der Waals surface area contributed by atoms with Crippen LogP contribution in [0.1, 0.15) is 47.0 Å². The second-order valence-corrected chi connectivity index (χ2v) is 6.37. The SMILES string of the molecule is C/C1=C/C[C@H](O)[C@@](C)(O)C/C=C/C(C)(C)C[C@H]1O. The Labute approximate surface area is 110 Å². The van der Waals surface area contributed by atoms with Crippen LogP contribution in [0.15, 0.2) is 23.8 Å². The standard InChI is InChI=1S/C15H26O3/c1-11-6-7-13(17)15(4,18)9-5-8-14(2,3)10-12(11)16/h5-6,8,12-13,16-18H,7,9-10H2,1-4H3/b8-5+,11-6-/t12-,13+,15+/m1/s1. The smallest absolute Gasteiger partial charge is 0.0914 e. The Morgan fingerprint density at radius 1 is 1.22 bits per heavy atom. The zero-order valence-corrected chi connectivity index (χ0v) is 11.8. The minimum absolute atomic E-state index is 0.125. The number of hydrogen-bond acceptors (Lipinski definition) is 3. The van der Waals surface area contributed by atoms with Gasteiger partial charge in [0.05, 0.1) is 17.8 Å². The number of aliphatic hydroxyl groups is 3. The minimum Gasteiger partial charge on any atom is -0.390 e. The van der Waals surface area contributed by atoms with E-state index >= 15 is 0 Å². The zero-order valence-electron chi connectivity index (χ0n) is 11.8. The van der Waals surface area contributed by atoms with Crippen LogP contribution in [-0.4, -0.2) is 33.1 Å². The van der Waals surface area contributed by atoms with E-state index in [4.69, 9.17) is 0 Å². The topological polar surface area (TPSA) is 60.7 Å². The van der Waals surface area contributed by atoms with Gasteiger partial charge in [0.2, 0.25) is 0 Å². The summed E-state index contributed by atoms with van der Waals surface area (Å²) in [5.74, 6) is 0. The largest absolute Gasteiger partial charge is 0.390 e. The fraction of sp³-hybridized carbons (Fsp3) is 0.733. The van der Waals surface area contributed by atoms with Gasteiger partial charge in [0.15, 0.2) is 0 Å². The highest BCUT2D eigenvalue weighted by Crippen LogP contribution is 2.29. The first-order valence-electron chi connectivity index (χ1n) is 6.57. The second-order valence-electron chi connectivity index (χ2n) is 6.37. The molecule has 0 aliphatic heterocycles. The Morgan fingerprint density at radius 2 is 1.83 bits per heavy atom. The Morgan fingerprint density at radius 3 is 2.44 bits per heavy atom. The van der Waals surface area contributed by atoms with E-state index in [9.17, 15) is 15.3 Å². The molecular formula is C15H26O3. The maximum atomic E-state index is 10.2. The normalized spacial score (nSPS) is 42.5. The highest BCUT2D eigenvalue weighted by Gasteiger charge is 2.29. The van der Waals surface area contributed by atoms with Gasteiger partial charge in [-0.15, -0.1) is 0 Å². The van der Waals surface area contributed by atoms with Crippen molar-refractivity contribution in [1.82, 2.24) is 0 Å². The van der Waals surface area contributed by atoms with E-state index in [0.29, 0.717) is 19.3 Å². The summed E-state index contributed by atoms with van der Waals surface area (Å²) in [5.41, 5.74) is -0.397. The molecule has 104 valence electrons. The summed E-state index contributed by atoms with van der Waals surface area (Å²) in [6.45, 7) is 7.63. The summed E-state index contributed by atoms with van der Waals surface area (Å²) in [4.78, 5) is 0. The fourth-order valence-corrected chi connectivity index (χ4v) is 2.17. The van der Waals surface area contributed by atoms with E-state index in [1.807, 2.05) is 25.2 Å². The summed E-state index contributed by atoms with van der Waals surface area (Å²) in [6, 6.07) is 0. The Hall–Kier alpha value is -0.640. The lowest BCUT2D eigenvalue weighted by Crippen LogP contribution is -2.38. The maximum Gasteiger partial charge on any atom is 0.0914 e. The van der Waals surface area contributed by atoms with E-state index < -0.39 is 17.8 Å². The van der Waals surface area contributed by atoms with Crippen LogP contribution >= 0.6 is 0 Å². The van der Waals surface area contributed by atoms with Crippen molar-refractivity contribution in [1.29, 1.82) is 0 Å². The fourth-order valence-electron chi connectivity index (χ4n) is 2.17. The Bertz CT molecular complexity index is 340. The highest BCUT2D eigenvalue weighted by atomic mass is 16.3. The van der Waals surface area contributed by atoms with Gasteiger partial charge >= 0.3 is 0 Å². The molecular weight excluding hydrogens is 228 g/mol. The Kier molecular flexibility index (Phi) is 4.76. The molecule has 0 spiro atoms. The summed E-state index contributed by atoms with van der Waals surface area (Å²) < 4.78 is 0. The molecule has 3 N–H and O–H groups in total. The predicted octanol–water partition coefficient (Wildman–Crippen LogP) is 2.17. The maximum absolute atomic E-state index is 10.2. The Balaban J connectivity index is 3.00. The molecule has 0 radical (unpaired) electrons. The van der Waals surface area contributed by atoms with Crippen LogP contribution in [0.3, 0.4) is 0 Å². The molecule has 3 nitrogen and oxygen atoms in total. The molecule has 0 unspecified atom stereocenters. The zero-order chi connectivity index (χ0) is 14.0. The van der Waals surface area contributed by atoms with Gasteiger partial charge in [0.1, 0.15) is 0 Å². The first kappa shape index (κ1) is 15.4. The molecule has 1 aliphatic carbocycles. The third-order valence-electron chi connectivity index (χ3n) is 3.73. The molecule has 0 fully saturated rings. The van der Waals surface area contributed by atoms with Gasteiger partial charge in [-0.3, -0.25) is 0 Å². The van der Waals surface area contributed by atoms with Gasteiger partial charge < -0.3 is 15.3 Å². The van der Waals surface area contributed by atoms with Crippen molar-refractivity contribution in [2.24, 2.45) is 5.41 Å². The van der Waals surface area contributed by atoms with Gasteiger partial charge in [0.25, 0.3) is 0 Å². The second kappa shape index (κ2) is 5.55. The first-order valence-corrected chi connectivity index (χ1v) is 6.57. The van der Waals surface area contributed by atoms with Crippen molar-refractivity contribution in [2.75, 3.05) is 0 Å². The third-order valence-corrected chi connectivity index (χ3v) is 3.73. The van der Waals surface area contributed by atoms with Crippen LogP contribution in [0.25, 0.3) is 0 Å². The van der Waals surface area contributed by atoms with Gasteiger partial charge in [-0.2, -0.15) is 0 Å². The van der Waals surface area contributed by atoms with Crippen molar-refractivity contribution < 1.29 is 15.3 Å². The lowest BCUT2D eigenvalue weighted by atomic mass is 9.84. The van der Waals surface area contributed by atoms with E-state index in [-0.39, 0.29) is 5.41 Å². The number of allylic oxidation sites excluding steroid dienone is 1. The molecule has 0 saturated carbocycles. The number of aliphatic hydroxyl groups excluding tert-OH is 2. The minimum atomic E-state index is -1.13. The molecule has 0 bridgehead atoms. The van der Waals surface area contributed by atoms with Crippen molar-refractivity contribution >= 4 is 0 Å². The molecule has 0 aromatic carbocycles. The van der Waals surface area contributed by atoms with Crippen molar-refractivity contribution in [3.8, 4) is 0 Å². The number of rotatable bonds is 0. The van der Waals surface area contributed by atoms with E-state index in [1.54, 1.807) is 6.92 Å². The molecule has 0 aromatic heterocycles. The quantitative estimate of drug-likeness (QED) is 0.581. The number of hydrogen-bond donors (Lipinski definition) is 3. The highest BCUT2D eigenvalue weighted by molar-refractivity contribution is 5.11. The molecule has 1 rings (SSSR count). The summed E-state index contributed by atoms with van der Waals surface area (Å²) >= 11 is 0. The average Bonchev–Trinajstić information content (AvgIpc) is 2.23. The molecule has 1 aliphatic rings. The van der Waals surface area contributed by atoms with E-state index in [1.165, 1.54) is 0 Å². The molecule has 3 heteroatoms. The van der Waals surface area contributed by atoms with Crippen molar-refractivity contribution in [2.45, 2.75) is 64.8 Å². The van der Waals surface area contributed by atoms with Crippen molar-refractivity contribution in [3.63, 3.8) is 0 Å². The van der Waals surface area contributed by atoms with Crippen LogP contribution in [0.2, 0.25) is 0 Å². The molecule has 3 atom stereocenters. The summed E-state index contributed by atoms with van der Waals surface area (Å²) in [5, 5.41) is 30.3. The average molecular weight is 254 g/mol. The molecule has 18 heavy (non-hydrogen) atoms. The third kappa shape index (κ3) is 4.23. The van der Waals surface area contributed by atoms with Gasteiger partial charge in [-0.25, -0.2) is 0 Å². The summed E-state index contributed by atoms with van der Waals surface area (Å²) in [7, 11) is 0. The monoisotopic (exact) mass is 254 g/mol. The van der Waals surface area contributed by atoms with E-state index in [2.05, 4.69) is 13.8 Å². The van der Waals surface area contributed by atoms with Crippen molar-refractivity contribution in [3.05, 3.63) is 23.8 Å². The van der Waals surface area contributed by atoms with Gasteiger partial charge in [-0.05, 0) is 44.1 Å². The van der Waals surface area contributed by atoms with Gasteiger partial charge in [0, 0.05) is 0 Å². The molecule has 0 aromatic rings. The molecule has 0 amide bonds. The molecule has 0 saturated heterocycles. The van der Waals surface area contributed by atoms with E-state index in [0.717, 1.165) is 5.57 Å². The molecule has 0 heterocycles. The van der Waals surface area contributed by atoms with Crippen LogP contribution in [0, 0.1) is 5.41 Å². The lowest BCUT2D eigenvalue weighted by molar-refractivity contribution is -0.0573. The van der Waals surface area contributed by atoms with Crippen LogP contribution in [-0.2, 0) is 0 Å². The predicted molar refractivity (Wildman–Crippen MR) is 73.2 cm³/mol. The summed E-state index contributed by atoms with van der Waals surface area (Å²) in [6.07, 6.45) is 5.84. The lowest BCUT2D eigenvalue weighted by Gasteiger charge is -2.27. The van der Waals surface area contributed by atoms with Crippen LogP contribution in [0.4, 0.5) is 0 Å². The van der Waals surface area contributed by atoms with Crippen LogP contribution in [0.5, 0.6) is 0 Å². The van der Waals surface area contributed by atoms with Crippen LogP contribution < -0.4 is 0 Å². The first-order chi connectivity index (χ1) is 8.14. The van der Waals surface area contributed by atoms with Gasteiger partial charge in [-0.1, -0.05) is 32.1 Å².